The molecule has 0 aliphatic heterocycles. The van der Waals surface area contributed by atoms with Gasteiger partial charge in [-0.25, -0.2) is 0 Å². The fraction of sp³-hybridized carbons (Fsp3) is 0.923. The molecule has 5 nitrogen and oxygen atoms in total. The second-order valence-electron chi connectivity index (χ2n) is 4.64. The number of nitrogens with one attached hydrogen (secondary N) is 1. The summed E-state index contributed by atoms with van der Waals surface area (Å²) in [7, 11) is 3.05. The molecule has 0 heterocycles. The lowest BCUT2D eigenvalue weighted by atomic mass is 9.98. The molecule has 0 amide bonds. The number of rotatable bonds is 10. The second kappa shape index (κ2) is 9.30. The minimum absolute atomic E-state index is 0.0306. The maximum Gasteiger partial charge on any atom is 0.325 e. The third-order valence-corrected chi connectivity index (χ3v) is 2.81. The fourth-order valence-corrected chi connectivity index (χ4v) is 1.64. The van der Waals surface area contributed by atoms with Gasteiger partial charge in [0, 0.05) is 13.7 Å². The van der Waals surface area contributed by atoms with Gasteiger partial charge < -0.3 is 19.5 Å². The third kappa shape index (κ3) is 6.33. The Kier molecular flexibility index (Phi) is 8.97. The summed E-state index contributed by atoms with van der Waals surface area (Å²) in [4.78, 5) is 11.8. The lowest BCUT2D eigenvalue weighted by Gasteiger charge is -2.28. The Morgan fingerprint density at radius 1 is 1.39 bits per heavy atom. The van der Waals surface area contributed by atoms with Gasteiger partial charge in [0.2, 0.25) is 0 Å². The number of hydrogen-bond donors (Lipinski definition) is 1. The number of hydrogen-bond acceptors (Lipinski definition) is 5. The molecular weight excluding hydrogens is 234 g/mol. The Morgan fingerprint density at radius 2 is 2.06 bits per heavy atom. The highest BCUT2D eigenvalue weighted by Crippen LogP contribution is 2.13. The van der Waals surface area contributed by atoms with Gasteiger partial charge in [0.25, 0.3) is 0 Å². The predicted octanol–water partition coefficient (Wildman–Crippen LogP) is 1.36. The minimum atomic E-state index is -0.683. The van der Waals surface area contributed by atoms with Gasteiger partial charge in [0.05, 0.1) is 19.8 Å². The molecule has 0 aliphatic carbocycles. The molecule has 108 valence electrons. The van der Waals surface area contributed by atoms with Gasteiger partial charge in [-0.05, 0) is 33.2 Å². The Balaban J connectivity index is 4.20. The first-order valence-electron chi connectivity index (χ1n) is 6.44. The normalized spacial score (nSPS) is 16.1. The van der Waals surface area contributed by atoms with Gasteiger partial charge in [-0.1, -0.05) is 6.92 Å². The average Bonchev–Trinajstić information content (AvgIpc) is 2.35. The summed E-state index contributed by atoms with van der Waals surface area (Å²) >= 11 is 0. The van der Waals surface area contributed by atoms with Crippen LogP contribution in [0.25, 0.3) is 0 Å². The molecule has 0 radical (unpaired) electrons. The molecule has 0 bridgehead atoms. The van der Waals surface area contributed by atoms with E-state index in [-0.39, 0.29) is 12.1 Å². The van der Waals surface area contributed by atoms with E-state index in [2.05, 4.69) is 12.2 Å². The first kappa shape index (κ1) is 17.4. The van der Waals surface area contributed by atoms with Crippen LogP contribution >= 0.6 is 0 Å². The SMILES string of the molecule is CCCNC(C)(CCOC(C)COC)C(=O)OC. The van der Waals surface area contributed by atoms with Crippen molar-refractivity contribution in [1.29, 1.82) is 0 Å². The van der Waals surface area contributed by atoms with Crippen LogP contribution in [0.2, 0.25) is 0 Å². The van der Waals surface area contributed by atoms with Crippen LogP contribution in [0.5, 0.6) is 0 Å². The molecule has 0 spiro atoms. The summed E-state index contributed by atoms with van der Waals surface area (Å²) < 4.78 is 15.4. The quantitative estimate of drug-likeness (QED) is 0.602. The fourth-order valence-electron chi connectivity index (χ4n) is 1.64. The lowest BCUT2D eigenvalue weighted by molar-refractivity contribution is -0.149. The van der Waals surface area contributed by atoms with E-state index in [1.165, 1.54) is 7.11 Å². The van der Waals surface area contributed by atoms with Crippen molar-refractivity contribution in [2.75, 3.05) is 34.0 Å². The van der Waals surface area contributed by atoms with Crippen LogP contribution in [-0.2, 0) is 19.0 Å². The number of carbonyl (C=O) groups is 1. The van der Waals surface area contributed by atoms with E-state index >= 15 is 0 Å². The zero-order valence-corrected chi connectivity index (χ0v) is 12.2. The zero-order chi connectivity index (χ0) is 14.0. The van der Waals surface area contributed by atoms with Gasteiger partial charge in [0.15, 0.2) is 0 Å². The molecule has 5 heteroatoms. The van der Waals surface area contributed by atoms with Crippen molar-refractivity contribution < 1.29 is 19.0 Å². The highest BCUT2D eigenvalue weighted by Gasteiger charge is 2.33. The first-order chi connectivity index (χ1) is 8.50. The summed E-state index contributed by atoms with van der Waals surface area (Å²) in [6.07, 6.45) is 1.57. The van der Waals surface area contributed by atoms with E-state index in [9.17, 15) is 4.79 Å². The maximum absolute atomic E-state index is 11.8. The lowest BCUT2D eigenvalue weighted by Crippen LogP contribution is -2.51. The minimum Gasteiger partial charge on any atom is -0.468 e. The van der Waals surface area contributed by atoms with Gasteiger partial charge in [-0.2, -0.15) is 0 Å². The van der Waals surface area contributed by atoms with Crippen molar-refractivity contribution in [3.8, 4) is 0 Å². The summed E-state index contributed by atoms with van der Waals surface area (Å²) in [5.74, 6) is -0.251. The smallest absolute Gasteiger partial charge is 0.325 e. The molecule has 0 aliphatic rings. The van der Waals surface area contributed by atoms with Crippen LogP contribution in [0.15, 0.2) is 0 Å². The zero-order valence-electron chi connectivity index (χ0n) is 12.2. The highest BCUT2D eigenvalue weighted by molar-refractivity contribution is 5.80. The second-order valence-corrected chi connectivity index (χ2v) is 4.64. The summed E-state index contributed by atoms with van der Waals surface area (Å²) in [6.45, 7) is 7.67. The van der Waals surface area contributed by atoms with E-state index in [0.29, 0.717) is 19.6 Å². The van der Waals surface area contributed by atoms with E-state index in [1.807, 2.05) is 13.8 Å². The molecule has 0 fully saturated rings. The highest BCUT2D eigenvalue weighted by atomic mass is 16.5. The standard InChI is InChI=1S/C13H27NO4/c1-6-8-14-13(3,12(15)17-5)7-9-18-11(2)10-16-4/h11,14H,6-10H2,1-5H3. The van der Waals surface area contributed by atoms with Crippen LogP contribution in [0.4, 0.5) is 0 Å². The third-order valence-electron chi connectivity index (χ3n) is 2.81. The van der Waals surface area contributed by atoms with Gasteiger partial charge >= 0.3 is 5.97 Å². The Bertz CT molecular complexity index is 235. The van der Waals surface area contributed by atoms with E-state index in [1.54, 1.807) is 7.11 Å². The summed E-state index contributed by atoms with van der Waals surface area (Å²) in [5, 5.41) is 3.22. The van der Waals surface area contributed by atoms with Crippen LogP contribution in [-0.4, -0.2) is 51.6 Å². The van der Waals surface area contributed by atoms with Gasteiger partial charge in [-0.15, -0.1) is 0 Å². The molecule has 0 aromatic carbocycles. The van der Waals surface area contributed by atoms with Crippen molar-refractivity contribution in [2.45, 2.75) is 45.3 Å². The van der Waals surface area contributed by atoms with Gasteiger partial charge in [-0.3, -0.25) is 4.79 Å². The van der Waals surface area contributed by atoms with Crippen molar-refractivity contribution >= 4 is 5.97 Å². The Hall–Kier alpha value is -0.650. The van der Waals surface area contributed by atoms with E-state index < -0.39 is 5.54 Å². The van der Waals surface area contributed by atoms with Crippen molar-refractivity contribution in [2.24, 2.45) is 0 Å². The van der Waals surface area contributed by atoms with Gasteiger partial charge in [0.1, 0.15) is 5.54 Å². The van der Waals surface area contributed by atoms with Crippen LogP contribution in [0.1, 0.15) is 33.6 Å². The Labute approximate surface area is 110 Å². The molecular formula is C13H27NO4. The molecule has 2 unspecified atom stereocenters. The first-order valence-corrected chi connectivity index (χ1v) is 6.44. The number of carbonyl (C=O) groups excluding carboxylic acids is 1. The maximum atomic E-state index is 11.8. The molecule has 0 aromatic rings. The number of esters is 1. The molecule has 0 rings (SSSR count). The summed E-state index contributed by atoms with van der Waals surface area (Å²) in [6, 6.07) is 0. The molecule has 1 N–H and O–H groups in total. The van der Waals surface area contributed by atoms with Crippen LogP contribution < -0.4 is 5.32 Å². The van der Waals surface area contributed by atoms with E-state index in [0.717, 1.165) is 13.0 Å². The molecule has 18 heavy (non-hydrogen) atoms. The van der Waals surface area contributed by atoms with Crippen molar-refractivity contribution in [1.82, 2.24) is 5.32 Å². The number of ether oxygens (including phenoxy) is 3. The predicted molar refractivity (Wildman–Crippen MR) is 70.6 cm³/mol. The molecule has 0 saturated heterocycles. The molecule has 0 aromatic heterocycles. The van der Waals surface area contributed by atoms with Crippen molar-refractivity contribution in [3.05, 3.63) is 0 Å². The summed E-state index contributed by atoms with van der Waals surface area (Å²) in [5.41, 5.74) is -0.683. The van der Waals surface area contributed by atoms with Crippen molar-refractivity contribution in [3.63, 3.8) is 0 Å². The topological polar surface area (TPSA) is 56.8 Å². The average molecular weight is 261 g/mol. The number of methoxy groups -OCH3 is 2. The molecule has 0 saturated carbocycles. The van der Waals surface area contributed by atoms with Crippen LogP contribution in [0.3, 0.4) is 0 Å². The molecule has 2 atom stereocenters. The monoisotopic (exact) mass is 261 g/mol. The Morgan fingerprint density at radius 3 is 2.56 bits per heavy atom. The largest absolute Gasteiger partial charge is 0.468 e. The van der Waals surface area contributed by atoms with E-state index in [4.69, 9.17) is 14.2 Å². The van der Waals surface area contributed by atoms with Crippen LogP contribution in [0, 0.1) is 0 Å².